The van der Waals surface area contributed by atoms with Crippen molar-refractivity contribution >= 4 is 20.4 Å². The summed E-state index contributed by atoms with van der Waals surface area (Å²) in [5, 5.41) is 9.74. The fourth-order valence-corrected chi connectivity index (χ4v) is 0.581. The van der Waals surface area contributed by atoms with Gasteiger partial charge in [0, 0.05) is 0 Å². The van der Waals surface area contributed by atoms with Crippen LogP contribution in [0.15, 0.2) is 0 Å². The predicted octanol–water partition coefficient (Wildman–Crippen LogP) is -2.74. The SMILES string of the molecule is ON[SiH2]O[SiH3]. The van der Waals surface area contributed by atoms with Crippen LogP contribution >= 0.6 is 0 Å². The van der Waals surface area contributed by atoms with Crippen LogP contribution in [0.1, 0.15) is 0 Å². The van der Waals surface area contributed by atoms with E-state index >= 15 is 0 Å². The van der Waals surface area contributed by atoms with Crippen molar-refractivity contribution in [2.45, 2.75) is 0 Å². The molecule has 0 spiro atoms. The zero-order chi connectivity index (χ0) is 4.12. The standard InChI is InChI=1S/H7NO2Si2/c2-1-5-3-4/h1-2H,5H2,4H3. The van der Waals surface area contributed by atoms with Crippen molar-refractivity contribution < 1.29 is 9.32 Å². The average molecular weight is 109 g/mol. The Morgan fingerprint density at radius 1 is 2.00 bits per heavy atom. The molecule has 2 N–H and O–H groups in total. The maximum absolute atomic E-state index is 7.78. The van der Waals surface area contributed by atoms with E-state index in [4.69, 9.17) is 5.21 Å². The number of rotatable bonds is 2. The van der Waals surface area contributed by atoms with E-state index in [1.165, 1.54) is 0 Å². The van der Waals surface area contributed by atoms with Gasteiger partial charge in [0.2, 0.25) is 9.92 Å². The molecular formula is H7NO2Si2. The minimum Gasteiger partial charge on any atom is -0.456 e. The van der Waals surface area contributed by atoms with E-state index < -0.39 is 9.92 Å². The summed E-state index contributed by atoms with van der Waals surface area (Å²) in [4.78, 5) is 0. The van der Waals surface area contributed by atoms with Gasteiger partial charge in [-0.1, -0.05) is 0 Å². The highest BCUT2D eigenvalue weighted by Crippen LogP contribution is 1.40. The van der Waals surface area contributed by atoms with Crippen molar-refractivity contribution in [3.8, 4) is 0 Å². The number of hydrogen-bond donors (Lipinski definition) is 2. The van der Waals surface area contributed by atoms with Gasteiger partial charge in [-0.15, -0.1) is 0 Å². The molecule has 32 valence electrons. The van der Waals surface area contributed by atoms with Crippen molar-refractivity contribution in [1.82, 2.24) is 5.15 Å². The van der Waals surface area contributed by atoms with Gasteiger partial charge in [0.15, 0.2) is 0 Å². The van der Waals surface area contributed by atoms with Gasteiger partial charge < -0.3 is 9.32 Å². The molecule has 0 aromatic carbocycles. The lowest BCUT2D eigenvalue weighted by Gasteiger charge is -1.86. The normalized spacial score (nSPS) is 11.4. The van der Waals surface area contributed by atoms with E-state index in [1.54, 1.807) is 0 Å². The average Bonchev–Trinajstić information content (AvgIpc) is 1.41. The first-order valence-corrected chi connectivity index (χ1v) is 3.38. The quantitative estimate of drug-likeness (QED) is 0.299. The second kappa shape index (κ2) is 4.31. The Morgan fingerprint density at radius 3 is 2.60 bits per heavy atom. The van der Waals surface area contributed by atoms with E-state index in [1.807, 2.05) is 5.15 Å². The predicted molar refractivity (Wildman–Crippen MR) is 24.5 cm³/mol. The molecule has 0 amide bonds. The van der Waals surface area contributed by atoms with Gasteiger partial charge in [0.05, 0.1) is 0 Å². The summed E-state index contributed by atoms with van der Waals surface area (Å²) >= 11 is 0. The zero-order valence-electron chi connectivity index (χ0n) is 3.06. The molecule has 3 nitrogen and oxygen atoms in total. The maximum Gasteiger partial charge on any atom is 0.249 e. The van der Waals surface area contributed by atoms with Gasteiger partial charge in [0.25, 0.3) is 0 Å². The lowest BCUT2D eigenvalue weighted by Crippen LogP contribution is -2.15. The molecule has 0 fully saturated rings. The molecule has 0 saturated carbocycles. The van der Waals surface area contributed by atoms with Crippen molar-refractivity contribution in [2.75, 3.05) is 0 Å². The topological polar surface area (TPSA) is 41.5 Å². The van der Waals surface area contributed by atoms with Gasteiger partial charge in [-0.2, -0.15) is 0 Å². The fourth-order valence-electron chi connectivity index (χ4n) is 0.0645. The van der Waals surface area contributed by atoms with E-state index in [0.29, 0.717) is 0 Å². The first-order valence-electron chi connectivity index (χ1n) is 1.27. The van der Waals surface area contributed by atoms with Crippen LogP contribution in [0.5, 0.6) is 0 Å². The molecule has 0 atom stereocenters. The third-order valence-corrected chi connectivity index (χ3v) is 1.49. The van der Waals surface area contributed by atoms with Gasteiger partial charge in [0.1, 0.15) is 10.5 Å². The minimum absolute atomic E-state index is 0.701. The highest BCUT2D eigenvalue weighted by molar-refractivity contribution is 6.30. The van der Waals surface area contributed by atoms with Gasteiger partial charge >= 0.3 is 0 Å². The Morgan fingerprint density at radius 2 is 2.60 bits per heavy atom. The van der Waals surface area contributed by atoms with Gasteiger partial charge in [-0.25, -0.2) is 5.15 Å². The van der Waals surface area contributed by atoms with E-state index in [2.05, 4.69) is 4.12 Å². The van der Waals surface area contributed by atoms with Crippen molar-refractivity contribution in [1.29, 1.82) is 0 Å². The van der Waals surface area contributed by atoms with Crippen LogP contribution in [0.3, 0.4) is 0 Å². The summed E-state index contributed by atoms with van der Waals surface area (Å²) in [5.41, 5.74) is 0. The Hall–Kier alpha value is 0.314. The van der Waals surface area contributed by atoms with E-state index in [0.717, 1.165) is 10.5 Å². The molecule has 0 aromatic heterocycles. The molecule has 0 aliphatic carbocycles. The summed E-state index contributed by atoms with van der Waals surface area (Å²) in [6, 6.07) is 0. The molecule has 0 saturated heterocycles. The van der Waals surface area contributed by atoms with Crippen LogP contribution in [-0.4, -0.2) is 25.6 Å². The molecule has 0 aromatic rings. The molecule has 5 heteroatoms. The molecule has 0 bridgehead atoms. The molecule has 0 aliphatic heterocycles. The first kappa shape index (κ1) is 5.31. The third kappa shape index (κ3) is 4.31. The van der Waals surface area contributed by atoms with Crippen LogP contribution in [0.2, 0.25) is 0 Å². The zero-order valence-corrected chi connectivity index (χ0v) is 6.48. The molecule has 0 unspecified atom stereocenters. The molecule has 0 radical (unpaired) electrons. The first-order chi connectivity index (χ1) is 2.41. The minimum atomic E-state index is -0.701. The maximum atomic E-state index is 7.78. The number of hydrogen-bond acceptors (Lipinski definition) is 3. The highest BCUT2D eigenvalue weighted by atomic mass is 28.3. The Balaban J connectivity index is 2.19. The van der Waals surface area contributed by atoms with Crippen molar-refractivity contribution in [3.63, 3.8) is 0 Å². The summed E-state index contributed by atoms with van der Waals surface area (Å²) in [5.74, 6) is 0. The summed E-state index contributed by atoms with van der Waals surface area (Å²) < 4.78 is 4.61. The largest absolute Gasteiger partial charge is 0.456 e. The van der Waals surface area contributed by atoms with Crippen LogP contribution in [0, 0.1) is 0 Å². The smallest absolute Gasteiger partial charge is 0.249 e. The fraction of sp³-hybridized carbons (Fsp3) is 0. The van der Waals surface area contributed by atoms with Crippen LogP contribution < -0.4 is 5.15 Å². The monoisotopic (exact) mass is 109 g/mol. The van der Waals surface area contributed by atoms with Crippen LogP contribution in [-0.2, 0) is 4.12 Å². The second-order valence-electron chi connectivity index (χ2n) is 0.591. The molecule has 5 heavy (non-hydrogen) atoms. The van der Waals surface area contributed by atoms with E-state index in [-0.39, 0.29) is 0 Å². The molecule has 0 rings (SSSR count). The van der Waals surface area contributed by atoms with E-state index in [9.17, 15) is 0 Å². The van der Waals surface area contributed by atoms with Crippen LogP contribution in [0.4, 0.5) is 0 Å². The Kier molecular flexibility index (Phi) is 4.58. The molecule has 0 aliphatic rings. The Bertz CT molecular complexity index is 15.1. The Labute approximate surface area is 35.9 Å². The summed E-state index contributed by atoms with van der Waals surface area (Å²) in [6.45, 7) is 0. The second-order valence-corrected chi connectivity index (χ2v) is 3.51. The molecule has 0 heterocycles. The third-order valence-electron chi connectivity index (χ3n) is 0.209. The summed E-state index contributed by atoms with van der Waals surface area (Å²) in [6.07, 6.45) is 0. The lowest BCUT2D eigenvalue weighted by molar-refractivity contribution is 0.233. The number of nitrogens with one attached hydrogen (secondary N) is 1. The lowest BCUT2D eigenvalue weighted by atomic mass is 13.5. The van der Waals surface area contributed by atoms with Crippen LogP contribution in [0.25, 0.3) is 0 Å². The van der Waals surface area contributed by atoms with Crippen molar-refractivity contribution in [3.05, 3.63) is 0 Å². The van der Waals surface area contributed by atoms with Gasteiger partial charge in [-0.05, 0) is 0 Å². The van der Waals surface area contributed by atoms with Crippen molar-refractivity contribution in [2.24, 2.45) is 0 Å². The summed E-state index contributed by atoms with van der Waals surface area (Å²) in [7, 11) is 0.0373. The molecular weight excluding hydrogens is 102 g/mol. The highest BCUT2D eigenvalue weighted by Gasteiger charge is 1.66. The van der Waals surface area contributed by atoms with Gasteiger partial charge in [-0.3, -0.25) is 0 Å².